The molecule has 2 aromatic carbocycles. The van der Waals surface area contributed by atoms with Gasteiger partial charge in [-0.3, -0.25) is 4.79 Å². The van der Waals surface area contributed by atoms with E-state index in [1.54, 1.807) is 37.3 Å². The molecule has 2 atom stereocenters. The Morgan fingerprint density at radius 1 is 1.07 bits per heavy atom. The summed E-state index contributed by atoms with van der Waals surface area (Å²) in [5.41, 5.74) is 0.758. The highest BCUT2D eigenvalue weighted by Gasteiger charge is 2.26. The second kappa shape index (κ2) is 8.81. The van der Waals surface area contributed by atoms with Crippen LogP contribution in [0.4, 0.5) is 0 Å². The first kappa shape index (κ1) is 20.6. The summed E-state index contributed by atoms with van der Waals surface area (Å²) in [6, 6.07) is 13.4. The minimum absolute atomic E-state index is 0.0226. The Bertz CT molecular complexity index is 909. The van der Waals surface area contributed by atoms with Crippen LogP contribution in [0.25, 0.3) is 0 Å². The number of carbonyl (C=O) groups excluding carboxylic acids is 1. The zero-order chi connectivity index (χ0) is 20.0. The number of carbonyl (C=O) groups is 2. The minimum atomic E-state index is -3.63. The van der Waals surface area contributed by atoms with Gasteiger partial charge in [0.2, 0.25) is 0 Å². The molecule has 144 valence electrons. The lowest BCUT2D eigenvalue weighted by atomic mass is 9.99. The minimum Gasteiger partial charge on any atom is -0.480 e. The Balaban J connectivity index is 2.23. The highest BCUT2D eigenvalue weighted by molar-refractivity contribution is 7.90. The van der Waals surface area contributed by atoms with Gasteiger partial charge in [0.15, 0.2) is 9.84 Å². The average Bonchev–Trinajstić information content (AvgIpc) is 2.65. The molecule has 2 aromatic rings. The molecule has 0 heterocycles. The van der Waals surface area contributed by atoms with Crippen LogP contribution in [0.5, 0.6) is 0 Å². The molecule has 6 nitrogen and oxygen atoms in total. The quantitative estimate of drug-likeness (QED) is 0.723. The highest BCUT2D eigenvalue weighted by atomic mass is 32.2. The van der Waals surface area contributed by atoms with Gasteiger partial charge < -0.3 is 10.4 Å². The Morgan fingerprint density at radius 2 is 1.74 bits per heavy atom. The van der Waals surface area contributed by atoms with E-state index in [9.17, 15) is 23.1 Å². The van der Waals surface area contributed by atoms with E-state index in [0.29, 0.717) is 12.0 Å². The van der Waals surface area contributed by atoms with Crippen LogP contribution in [-0.2, 0) is 20.4 Å². The van der Waals surface area contributed by atoms with Crippen LogP contribution in [0.15, 0.2) is 59.5 Å². The predicted octanol–water partition coefficient (Wildman–Crippen LogP) is 2.89. The third-order valence-electron chi connectivity index (χ3n) is 4.42. The summed E-state index contributed by atoms with van der Waals surface area (Å²) in [5, 5.41) is 11.8. The van der Waals surface area contributed by atoms with Crippen molar-refractivity contribution in [3.8, 4) is 0 Å². The van der Waals surface area contributed by atoms with E-state index in [1.165, 1.54) is 24.3 Å². The topological polar surface area (TPSA) is 101 Å². The molecule has 0 radical (unpaired) electrons. The first-order chi connectivity index (χ1) is 12.7. The monoisotopic (exact) mass is 389 g/mol. The first-order valence-electron chi connectivity index (χ1n) is 8.65. The van der Waals surface area contributed by atoms with Crippen LogP contribution < -0.4 is 5.32 Å². The number of hydrogen-bond acceptors (Lipinski definition) is 4. The molecule has 0 aliphatic carbocycles. The third-order valence-corrected chi connectivity index (χ3v) is 6.11. The van der Waals surface area contributed by atoms with Crippen LogP contribution >= 0.6 is 0 Å². The average molecular weight is 389 g/mol. The van der Waals surface area contributed by atoms with Crippen molar-refractivity contribution in [2.24, 2.45) is 5.92 Å². The smallest absolute Gasteiger partial charge is 0.326 e. The Morgan fingerprint density at radius 3 is 2.33 bits per heavy atom. The lowest BCUT2D eigenvalue weighted by Crippen LogP contribution is -2.45. The normalized spacial score (nSPS) is 13.6. The van der Waals surface area contributed by atoms with Crippen molar-refractivity contribution in [2.75, 3.05) is 0 Å². The molecule has 2 rings (SSSR count). The number of nitrogens with one attached hydrogen (secondary N) is 1. The van der Waals surface area contributed by atoms with E-state index in [1.807, 2.05) is 6.92 Å². The van der Waals surface area contributed by atoms with Gasteiger partial charge in [-0.15, -0.1) is 0 Å². The molecule has 0 unspecified atom stereocenters. The summed E-state index contributed by atoms with van der Waals surface area (Å²) in [5.74, 6) is -2.16. The van der Waals surface area contributed by atoms with E-state index < -0.39 is 27.8 Å². The molecule has 0 bridgehead atoms. The number of aliphatic carboxylic acids is 1. The molecule has 27 heavy (non-hydrogen) atoms. The molecule has 2 N–H and O–H groups in total. The molecule has 0 fully saturated rings. The number of amides is 1. The van der Waals surface area contributed by atoms with Gasteiger partial charge in [0.25, 0.3) is 5.91 Å². The molecule has 1 amide bonds. The molecule has 0 spiro atoms. The highest BCUT2D eigenvalue weighted by Crippen LogP contribution is 2.18. The summed E-state index contributed by atoms with van der Waals surface area (Å²) in [4.78, 5) is 23.9. The fourth-order valence-electron chi connectivity index (χ4n) is 2.62. The number of carboxylic acids is 1. The molecular weight excluding hydrogens is 366 g/mol. The number of hydrogen-bond donors (Lipinski definition) is 2. The van der Waals surface area contributed by atoms with Gasteiger partial charge >= 0.3 is 5.97 Å². The van der Waals surface area contributed by atoms with Crippen molar-refractivity contribution in [1.82, 2.24) is 5.32 Å². The van der Waals surface area contributed by atoms with Crippen LogP contribution in [0, 0.1) is 5.92 Å². The molecule has 7 heteroatoms. The largest absolute Gasteiger partial charge is 0.480 e. The molecule has 0 saturated carbocycles. The fourth-order valence-corrected chi connectivity index (χ4v) is 4.01. The van der Waals surface area contributed by atoms with Gasteiger partial charge in [-0.25, -0.2) is 13.2 Å². The first-order valence-corrected chi connectivity index (χ1v) is 10.3. The maximum atomic E-state index is 12.6. The Labute approximate surface area is 159 Å². The van der Waals surface area contributed by atoms with Crippen molar-refractivity contribution < 1.29 is 23.1 Å². The summed E-state index contributed by atoms with van der Waals surface area (Å²) >= 11 is 0. The molecular formula is C20H23NO5S. The standard InChI is InChI=1S/C20H23NO5S/c1-3-14(2)18(20(23)24)21-19(22)16-10-7-11-17(12-16)27(25,26)13-15-8-5-4-6-9-15/h4-12,14,18H,3,13H2,1-2H3,(H,21,22)(H,23,24)/t14-,18-/m0/s1. The van der Waals surface area contributed by atoms with Crippen molar-refractivity contribution in [1.29, 1.82) is 0 Å². The van der Waals surface area contributed by atoms with Gasteiger partial charge in [0.1, 0.15) is 6.04 Å². The maximum absolute atomic E-state index is 12.6. The van der Waals surface area contributed by atoms with Gasteiger partial charge in [-0.2, -0.15) is 0 Å². The lowest BCUT2D eigenvalue weighted by Gasteiger charge is -2.20. The predicted molar refractivity (Wildman–Crippen MR) is 102 cm³/mol. The summed E-state index contributed by atoms with van der Waals surface area (Å²) in [6.07, 6.45) is 0.586. The van der Waals surface area contributed by atoms with Crippen molar-refractivity contribution in [2.45, 2.75) is 37.0 Å². The van der Waals surface area contributed by atoms with E-state index in [4.69, 9.17) is 0 Å². The Kier molecular flexibility index (Phi) is 6.74. The van der Waals surface area contributed by atoms with E-state index >= 15 is 0 Å². The van der Waals surface area contributed by atoms with E-state index in [0.717, 1.165) is 0 Å². The SMILES string of the molecule is CC[C@H](C)[C@H](NC(=O)c1cccc(S(=O)(=O)Cc2ccccc2)c1)C(=O)O. The van der Waals surface area contributed by atoms with Crippen LogP contribution in [0.2, 0.25) is 0 Å². The van der Waals surface area contributed by atoms with Crippen LogP contribution in [-0.4, -0.2) is 31.4 Å². The summed E-state index contributed by atoms with van der Waals surface area (Å²) in [7, 11) is -3.63. The second-order valence-corrected chi connectivity index (χ2v) is 8.44. The third kappa shape index (κ3) is 5.40. The molecule has 0 aliphatic rings. The van der Waals surface area contributed by atoms with Gasteiger partial charge in [-0.05, 0) is 29.7 Å². The number of carboxylic acid groups (broad SMARTS) is 1. The van der Waals surface area contributed by atoms with Crippen molar-refractivity contribution in [3.63, 3.8) is 0 Å². The van der Waals surface area contributed by atoms with Crippen LogP contribution in [0.3, 0.4) is 0 Å². The molecule has 0 saturated heterocycles. The van der Waals surface area contributed by atoms with Crippen LogP contribution in [0.1, 0.15) is 36.2 Å². The Hall–Kier alpha value is -2.67. The number of rotatable bonds is 8. The molecule has 0 aromatic heterocycles. The maximum Gasteiger partial charge on any atom is 0.326 e. The summed E-state index contributed by atoms with van der Waals surface area (Å²) < 4.78 is 25.3. The summed E-state index contributed by atoms with van der Waals surface area (Å²) in [6.45, 7) is 3.57. The number of sulfone groups is 1. The fraction of sp³-hybridized carbons (Fsp3) is 0.300. The van der Waals surface area contributed by atoms with E-state index in [2.05, 4.69) is 5.32 Å². The second-order valence-electron chi connectivity index (χ2n) is 6.45. The lowest BCUT2D eigenvalue weighted by molar-refractivity contribution is -0.140. The van der Waals surface area contributed by atoms with E-state index in [-0.39, 0.29) is 22.1 Å². The molecule has 0 aliphatic heterocycles. The van der Waals surface area contributed by atoms with Gasteiger partial charge in [0.05, 0.1) is 10.6 Å². The van der Waals surface area contributed by atoms with Crippen molar-refractivity contribution in [3.05, 3.63) is 65.7 Å². The van der Waals surface area contributed by atoms with Gasteiger partial charge in [-0.1, -0.05) is 56.7 Å². The zero-order valence-electron chi connectivity index (χ0n) is 15.3. The zero-order valence-corrected chi connectivity index (χ0v) is 16.1. The van der Waals surface area contributed by atoms with Crippen molar-refractivity contribution >= 4 is 21.7 Å². The number of benzene rings is 2. The van der Waals surface area contributed by atoms with Gasteiger partial charge in [0, 0.05) is 5.56 Å².